The van der Waals surface area contributed by atoms with Crippen LogP contribution in [0.15, 0.2) is 30.3 Å². The molecule has 1 aliphatic rings. The van der Waals surface area contributed by atoms with Gasteiger partial charge in [0.2, 0.25) is 0 Å². The van der Waals surface area contributed by atoms with Crippen molar-refractivity contribution in [3.63, 3.8) is 0 Å². The van der Waals surface area contributed by atoms with Crippen molar-refractivity contribution < 1.29 is 14.2 Å². The van der Waals surface area contributed by atoms with Crippen LogP contribution in [0.1, 0.15) is 32.3 Å². The zero-order chi connectivity index (χ0) is 12.8. The summed E-state index contributed by atoms with van der Waals surface area (Å²) in [6, 6.07) is 10.2. The molecular formula is C15H22O3. The molecule has 0 spiro atoms. The molecule has 1 saturated heterocycles. The van der Waals surface area contributed by atoms with Crippen LogP contribution < -0.4 is 0 Å². The topological polar surface area (TPSA) is 27.7 Å². The Balaban J connectivity index is 1.54. The number of hydrogen-bond acceptors (Lipinski definition) is 3. The van der Waals surface area contributed by atoms with Crippen LogP contribution in [0.4, 0.5) is 0 Å². The summed E-state index contributed by atoms with van der Waals surface area (Å²) in [5.74, 6) is -0.407. The second-order valence-corrected chi connectivity index (χ2v) is 5.13. The van der Waals surface area contributed by atoms with Gasteiger partial charge in [-0.1, -0.05) is 30.3 Å². The van der Waals surface area contributed by atoms with E-state index in [1.807, 2.05) is 32.0 Å². The number of hydrogen-bond donors (Lipinski definition) is 0. The molecule has 0 radical (unpaired) electrons. The molecule has 1 heterocycles. The van der Waals surface area contributed by atoms with Gasteiger partial charge in [-0.25, -0.2) is 0 Å². The third kappa shape index (κ3) is 4.41. The van der Waals surface area contributed by atoms with E-state index >= 15 is 0 Å². The third-order valence-corrected chi connectivity index (χ3v) is 2.99. The van der Waals surface area contributed by atoms with Gasteiger partial charge in [0, 0.05) is 6.61 Å². The van der Waals surface area contributed by atoms with Crippen LogP contribution in [0.3, 0.4) is 0 Å². The van der Waals surface area contributed by atoms with E-state index in [0.717, 1.165) is 19.4 Å². The Kier molecular flexibility index (Phi) is 4.75. The second kappa shape index (κ2) is 6.32. The minimum absolute atomic E-state index is 0.223. The maximum atomic E-state index is 5.74. The smallest absolute Gasteiger partial charge is 0.163 e. The van der Waals surface area contributed by atoms with E-state index in [2.05, 4.69) is 12.1 Å². The van der Waals surface area contributed by atoms with Gasteiger partial charge < -0.3 is 14.2 Å². The Bertz CT molecular complexity index is 348. The molecule has 0 aromatic heterocycles. The molecule has 3 heteroatoms. The maximum absolute atomic E-state index is 5.74. The largest absolute Gasteiger partial charge is 0.377 e. The molecule has 0 amide bonds. The lowest BCUT2D eigenvalue weighted by molar-refractivity contribution is -0.139. The lowest BCUT2D eigenvalue weighted by atomic mass is 10.2. The normalized spacial score (nSPS) is 22.2. The van der Waals surface area contributed by atoms with E-state index in [1.54, 1.807) is 0 Å². The van der Waals surface area contributed by atoms with Gasteiger partial charge in [-0.15, -0.1) is 0 Å². The molecule has 18 heavy (non-hydrogen) atoms. The van der Waals surface area contributed by atoms with Gasteiger partial charge in [-0.05, 0) is 32.3 Å². The lowest BCUT2D eigenvalue weighted by Crippen LogP contribution is -2.21. The minimum atomic E-state index is -0.407. The summed E-state index contributed by atoms with van der Waals surface area (Å²) in [4.78, 5) is 0. The van der Waals surface area contributed by atoms with Crippen LogP contribution in [0.5, 0.6) is 0 Å². The predicted octanol–water partition coefficient (Wildman–Crippen LogP) is 3.13. The summed E-state index contributed by atoms with van der Waals surface area (Å²) in [6.45, 7) is 6.08. The summed E-state index contributed by atoms with van der Waals surface area (Å²) < 4.78 is 16.9. The van der Waals surface area contributed by atoms with E-state index in [-0.39, 0.29) is 6.10 Å². The van der Waals surface area contributed by atoms with Crippen LogP contribution in [0.25, 0.3) is 0 Å². The van der Waals surface area contributed by atoms with E-state index in [9.17, 15) is 0 Å². The first-order valence-electron chi connectivity index (χ1n) is 6.59. The molecule has 1 aliphatic heterocycles. The van der Waals surface area contributed by atoms with E-state index in [0.29, 0.717) is 13.2 Å². The van der Waals surface area contributed by atoms with E-state index < -0.39 is 5.79 Å². The van der Waals surface area contributed by atoms with Gasteiger partial charge >= 0.3 is 0 Å². The molecule has 1 aromatic rings. The average molecular weight is 250 g/mol. The molecule has 0 aliphatic carbocycles. The fourth-order valence-electron chi connectivity index (χ4n) is 2.08. The summed E-state index contributed by atoms with van der Waals surface area (Å²) in [6.07, 6.45) is 2.23. The van der Waals surface area contributed by atoms with Crippen LogP contribution in [0.2, 0.25) is 0 Å². The molecule has 1 atom stereocenters. The summed E-state index contributed by atoms with van der Waals surface area (Å²) in [5.41, 5.74) is 1.22. The van der Waals surface area contributed by atoms with Crippen LogP contribution >= 0.6 is 0 Å². The minimum Gasteiger partial charge on any atom is -0.377 e. The zero-order valence-electron chi connectivity index (χ0n) is 11.2. The van der Waals surface area contributed by atoms with Gasteiger partial charge in [-0.2, -0.15) is 0 Å². The highest BCUT2D eigenvalue weighted by molar-refractivity contribution is 5.13. The second-order valence-electron chi connectivity index (χ2n) is 5.13. The molecule has 100 valence electrons. The number of rotatable bonds is 6. The van der Waals surface area contributed by atoms with Gasteiger partial charge in [0.25, 0.3) is 0 Å². The van der Waals surface area contributed by atoms with Crippen molar-refractivity contribution in [3.05, 3.63) is 35.9 Å². The van der Waals surface area contributed by atoms with Gasteiger partial charge in [0.05, 0.1) is 19.3 Å². The highest BCUT2D eigenvalue weighted by atomic mass is 16.7. The van der Waals surface area contributed by atoms with Crippen LogP contribution in [-0.2, 0) is 20.8 Å². The molecular weight excluding hydrogens is 228 g/mol. The first-order valence-corrected chi connectivity index (χ1v) is 6.59. The summed E-state index contributed by atoms with van der Waals surface area (Å²) in [5, 5.41) is 0. The summed E-state index contributed by atoms with van der Waals surface area (Å²) >= 11 is 0. The molecule has 1 fully saturated rings. The van der Waals surface area contributed by atoms with Crippen LogP contribution in [-0.4, -0.2) is 25.1 Å². The fourth-order valence-corrected chi connectivity index (χ4v) is 2.08. The zero-order valence-corrected chi connectivity index (χ0v) is 11.2. The molecule has 0 N–H and O–H groups in total. The van der Waals surface area contributed by atoms with Crippen LogP contribution in [0, 0.1) is 0 Å². The third-order valence-electron chi connectivity index (χ3n) is 2.99. The average Bonchev–Trinajstić information content (AvgIpc) is 2.70. The molecule has 3 nitrogen and oxygen atoms in total. The Hall–Kier alpha value is -0.900. The standard InChI is InChI=1S/C15H22O3/c1-15(2)17-12-14(18-15)9-6-10-16-11-13-7-4-3-5-8-13/h3-5,7-8,14H,6,9-12H2,1-2H3/t14-/m0/s1. The predicted molar refractivity (Wildman–Crippen MR) is 70.2 cm³/mol. The van der Waals surface area contributed by atoms with Crippen molar-refractivity contribution in [3.8, 4) is 0 Å². The molecule has 1 aromatic carbocycles. The Morgan fingerprint density at radius 3 is 2.72 bits per heavy atom. The quantitative estimate of drug-likeness (QED) is 0.726. The fraction of sp³-hybridized carbons (Fsp3) is 0.600. The van der Waals surface area contributed by atoms with Crippen molar-refractivity contribution in [2.75, 3.05) is 13.2 Å². The molecule has 2 rings (SSSR count). The Morgan fingerprint density at radius 1 is 1.28 bits per heavy atom. The van der Waals surface area contributed by atoms with Crippen molar-refractivity contribution in [2.45, 2.75) is 45.2 Å². The Labute approximate surface area is 109 Å². The highest BCUT2D eigenvalue weighted by Crippen LogP contribution is 2.24. The SMILES string of the molecule is CC1(C)OC[C@H](CCCOCc2ccccc2)O1. The van der Waals surface area contributed by atoms with Crippen molar-refractivity contribution >= 4 is 0 Å². The monoisotopic (exact) mass is 250 g/mol. The first-order chi connectivity index (χ1) is 8.66. The summed E-state index contributed by atoms with van der Waals surface area (Å²) in [7, 11) is 0. The lowest BCUT2D eigenvalue weighted by Gasteiger charge is -2.16. The highest BCUT2D eigenvalue weighted by Gasteiger charge is 2.31. The van der Waals surface area contributed by atoms with Crippen molar-refractivity contribution in [1.82, 2.24) is 0 Å². The van der Waals surface area contributed by atoms with Crippen molar-refractivity contribution in [1.29, 1.82) is 0 Å². The van der Waals surface area contributed by atoms with Gasteiger partial charge in [-0.3, -0.25) is 0 Å². The molecule has 0 unspecified atom stereocenters. The van der Waals surface area contributed by atoms with E-state index in [4.69, 9.17) is 14.2 Å². The van der Waals surface area contributed by atoms with Gasteiger partial charge in [0.15, 0.2) is 5.79 Å². The molecule has 0 bridgehead atoms. The molecule has 0 saturated carbocycles. The van der Waals surface area contributed by atoms with Crippen molar-refractivity contribution in [2.24, 2.45) is 0 Å². The van der Waals surface area contributed by atoms with Gasteiger partial charge in [0.1, 0.15) is 0 Å². The van der Waals surface area contributed by atoms with E-state index in [1.165, 1.54) is 5.56 Å². The maximum Gasteiger partial charge on any atom is 0.163 e. The Morgan fingerprint density at radius 2 is 2.06 bits per heavy atom. The number of ether oxygens (including phenoxy) is 3. The first kappa shape index (κ1) is 13.5. The number of benzene rings is 1.